The molecule has 20 heavy (non-hydrogen) atoms. The zero-order valence-corrected chi connectivity index (χ0v) is 12.8. The second-order valence-electron chi connectivity index (χ2n) is 3.90. The molecule has 0 fully saturated rings. The number of hydrogen-bond donors (Lipinski definition) is 2. The molecule has 0 bridgehead atoms. The van der Waals surface area contributed by atoms with Crippen molar-refractivity contribution in [2.45, 2.75) is 66.2 Å². The molecule has 0 radical (unpaired) electrons. The van der Waals surface area contributed by atoms with Crippen molar-refractivity contribution < 1.29 is 29.4 Å². The van der Waals surface area contributed by atoms with E-state index in [-0.39, 0.29) is 30.8 Å². The molecule has 2 N–H and O–H groups in total. The molecule has 0 aliphatic rings. The van der Waals surface area contributed by atoms with E-state index in [0.29, 0.717) is 19.3 Å². The highest BCUT2D eigenvalue weighted by Gasteiger charge is 1.99. The van der Waals surface area contributed by atoms with E-state index in [1.165, 1.54) is 0 Å². The van der Waals surface area contributed by atoms with Crippen LogP contribution in [0.15, 0.2) is 0 Å². The van der Waals surface area contributed by atoms with Gasteiger partial charge in [0.2, 0.25) is 0 Å². The number of rotatable bonds is 8. The minimum Gasteiger partial charge on any atom is -0.481 e. The minimum atomic E-state index is -0.948. The number of Topliss-reactive ketones (excluding diaryl/α,β-unsaturated/α-hetero) is 2. The third-order valence-corrected chi connectivity index (χ3v) is 1.84. The molecular weight excluding hydrogens is 264 g/mol. The summed E-state index contributed by atoms with van der Waals surface area (Å²) in [6.45, 7) is 7.08. The van der Waals surface area contributed by atoms with Gasteiger partial charge in [-0.3, -0.25) is 9.59 Å². The normalized spacial score (nSPS) is 8.40. The van der Waals surface area contributed by atoms with Crippen LogP contribution in [0.2, 0.25) is 0 Å². The number of carboxylic acid groups (broad SMARTS) is 2. The summed E-state index contributed by atoms with van der Waals surface area (Å²) in [5.41, 5.74) is 0. The van der Waals surface area contributed by atoms with Crippen molar-refractivity contribution in [2.24, 2.45) is 0 Å². The van der Waals surface area contributed by atoms with Crippen LogP contribution < -0.4 is 0 Å². The van der Waals surface area contributed by atoms with Gasteiger partial charge in [0, 0.05) is 25.7 Å². The van der Waals surface area contributed by atoms with Gasteiger partial charge in [-0.1, -0.05) is 13.8 Å². The first kappa shape index (κ1) is 23.4. The lowest BCUT2D eigenvalue weighted by atomic mass is 10.1. The predicted molar refractivity (Wildman–Crippen MR) is 75.7 cm³/mol. The Bertz CT molecular complexity index is 238. The Morgan fingerprint density at radius 2 is 0.900 bits per heavy atom. The number of carbonyl (C=O) groups excluding carboxylic acids is 2. The summed E-state index contributed by atoms with van der Waals surface area (Å²) >= 11 is 0. The molecule has 0 spiro atoms. The number of ketones is 2. The van der Waals surface area contributed by atoms with Crippen molar-refractivity contribution in [1.29, 1.82) is 0 Å². The van der Waals surface area contributed by atoms with E-state index in [2.05, 4.69) is 0 Å². The molecule has 0 aromatic carbocycles. The zero-order chi connectivity index (χ0) is 16.6. The topological polar surface area (TPSA) is 109 Å². The van der Waals surface area contributed by atoms with E-state index in [4.69, 9.17) is 10.2 Å². The third kappa shape index (κ3) is 36.0. The van der Waals surface area contributed by atoms with E-state index in [1.807, 2.05) is 13.8 Å². The van der Waals surface area contributed by atoms with Crippen molar-refractivity contribution in [3.63, 3.8) is 0 Å². The summed E-state index contributed by atoms with van der Waals surface area (Å²) in [6, 6.07) is 0. The summed E-state index contributed by atoms with van der Waals surface area (Å²) in [6.07, 6.45) is 1.88. The summed E-state index contributed by atoms with van der Waals surface area (Å²) in [5.74, 6) is -1.57. The fourth-order valence-electron chi connectivity index (χ4n) is 0.977. The Morgan fingerprint density at radius 1 is 0.650 bits per heavy atom. The van der Waals surface area contributed by atoms with Crippen molar-refractivity contribution in [3.05, 3.63) is 0 Å². The molecule has 0 aliphatic carbocycles. The van der Waals surface area contributed by atoms with Gasteiger partial charge in [-0.15, -0.1) is 0 Å². The number of carbonyl (C=O) groups is 4. The highest BCUT2D eigenvalue weighted by molar-refractivity contribution is 5.78. The molecular formula is C14H26O6. The highest BCUT2D eigenvalue weighted by Crippen LogP contribution is 1.96. The van der Waals surface area contributed by atoms with Crippen LogP contribution in [0.25, 0.3) is 0 Å². The lowest BCUT2D eigenvalue weighted by Gasteiger charge is -1.90. The molecule has 0 heterocycles. The molecule has 0 aromatic heterocycles. The molecule has 0 saturated carbocycles. The molecule has 0 saturated heterocycles. The first-order valence-electron chi connectivity index (χ1n) is 6.68. The predicted octanol–water partition coefficient (Wildman–Crippen LogP) is 2.69. The van der Waals surface area contributed by atoms with Crippen LogP contribution >= 0.6 is 0 Å². The van der Waals surface area contributed by atoms with Gasteiger partial charge in [0.1, 0.15) is 11.6 Å². The molecule has 0 aliphatic heterocycles. The monoisotopic (exact) mass is 290 g/mol. The van der Waals surface area contributed by atoms with Crippen molar-refractivity contribution >= 4 is 23.5 Å². The highest BCUT2D eigenvalue weighted by atomic mass is 16.4. The molecule has 118 valence electrons. The maximum atomic E-state index is 10.3. The van der Waals surface area contributed by atoms with Gasteiger partial charge in [0.15, 0.2) is 0 Å². The van der Waals surface area contributed by atoms with Gasteiger partial charge in [-0.25, -0.2) is 0 Å². The van der Waals surface area contributed by atoms with E-state index in [9.17, 15) is 19.2 Å². The third-order valence-electron chi connectivity index (χ3n) is 1.84. The van der Waals surface area contributed by atoms with Crippen LogP contribution in [-0.2, 0) is 19.2 Å². The van der Waals surface area contributed by atoms with Gasteiger partial charge in [-0.2, -0.15) is 0 Å². The molecule has 6 nitrogen and oxygen atoms in total. The fourth-order valence-corrected chi connectivity index (χ4v) is 0.977. The van der Waals surface area contributed by atoms with Gasteiger partial charge in [0.05, 0.1) is 0 Å². The van der Waals surface area contributed by atoms with Crippen LogP contribution in [0.4, 0.5) is 0 Å². The van der Waals surface area contributed by atoms with Crippen LogP contribution in [0.3, 0.4) is 0 Å². The van der Waals surface area contributed by atoms with E-state index < -0.39 is 11.9 Å². The van der Waals surface area contributed by atoms with Gasteiger partial charge in [-0.05, 0) is 26.7 Å². The van der Waals surface area contributed by atoms with Crippen LogP contribution in [0.1, 0.15) is 66.2 Å². The van der Waals surface area contributed by atoms with Gasteiger partial charge < -0.3 is 19.8 Å². The lowest BCUT2D eigenvalue weighted by Crippen LogP contribution is -1.98. The number of hydrogen-bond acceptors (Lipinski definition) is 4. The quantitative estimate of drug-likeness (QED) is 0.711. The molecule has 6 heteroatoms. The van der Waals surface area contributed by atoms with Crippen molar-refractivity contribution in [1.82, 2.24) is 0 Å². The number of aliphatic carboxylic acids is 2. The maximum absolute atomic E-state index is 10.3. The molecule has 0 aromatic rings. The molecule has 0 amide bonds. The molecule has 0 atom stereocenters. The largest absolute Gasteiger partial charge is 0.481 e. The molecule has 0 unspecified atom stereocenters. The van der Waals surface area contributed by atoms with E-state index in [1.54, 1.807) is 13.8 Å². The van der Waals surface area contributed by atoms with Gasteiger partial charge in [0.25, 0.3) is 0 Å². The Morgan fingerprint density at radius 3 is 1.10 bits per heavy atom. The average Bonchev–Trinajstić information content (AvgIpc) is 2.30. The second-order valence-corrected chi connectivity index (χ2v) is 3.90. The standard InChI is InChI=1S/C7H12O2.C5H8O4.C2H6/c1-6(8)4-3-5-7(2)9;6-4(7)2-1-3-5(8)9;1-2/h3-5H2,1-2H3;1-3H2,(H,6,7)(H,8,9);1-2H3. The van der Waals surface area contributed by atoms with Gasteiger partial charge >= 0.3 is 11.9 Å². The second kappa shape index (κ2) is 17.3. The first-order valence-corrected chi connectivity index (χ1v) is 6.68. The van der Waals surface area contributed by atoms with Crippen molar-refractivity contribution in [2.75, 3.05) is 0 Å². The summed E-state index contributed by atoms with van der Waals surface area (Å²) in [7, 11) is 0. The average molecular weight is 290 g/mol. The lowest BCUT2D eigenvalue weighted by molar-refractivity contribution is -0.138. The van der Waals surface area contributed by atoms with Crippen LogP contribution in [-0.4, -0.2) is 33.7 Å². The maximum Gasteiger partial charge on any atom is 0.303 e. The SMILES string of the molecule is CC.CC(=O)CCCC(C)=O.O=C(O)CCCC(=O)O. The Labute approximate surface area is 120 Å². The summed E-state index contributed by atoms with van der Waals surface area (Å²) < 4.78 is 0. The molecule has 0 rings (SSSR count). The summed E-state index contributed by atoms with van der Waals surface area (Å²) in [5, 5.41) is 16.1. The van der Waals surface area contributed by atoms with E-state index in [0.717, 1.165) is 0 Å². The first-order chi connectivity index (χ1) is 9.25. The van der Waals surface area contributed by atoms with Crippen LogP contribution in [0, 0.1) is 0 Å². The smallest absolute Gasteiger partial charge is 0.303 e. The summed E-state index contributed by atoms with van der Waals surface area (Å²) in [4.78, 5) is 40.2. The Hall–Kier alpha value is -1.72. The van der Waals surface area contributed by atoms with Crippen molar-refractivity contribution in [3.8, 4) is 0 Å². The van der Waals surface area contributed by atoms with Crippen LogP contribution in [0.5, 0.6) is 0 Å². The zero-order valence-electron chi connectivity index (χ0n) is 12.8. The number of carboxylic acids is 2. The minimum absolute atomic E-state index is 0.0632. The van der Waals surface area contributed by atoms with E-state index >= 15 is 0 Å². The Kier molecular flexibility index (Phi) is 20.2. The Balaban J connectivity index is -0.000000257. The fraction of sp³-hybridized carbons (Fsp3) is 0.714.